The van der Waals surface area contributed by atoms with Crippen molar-refractivity contribution in [3.05, 3.63) is 63.2 Å². The highest BCUT2D eigenvalue weighted by molar-refractivity contribution is 6.07. The number of carbonyl (C=O) groups excluding carboxylic acids is 2. The lowest BCUT2D eigenvalue weighted by Crippen LogP contribution is -2.40. The van der Waals surface area contributed by atoms with E-state index in [1.165, 1.54) is 38.5 Å². The molecule has 0 unspecified atom stereocenters. The topological polar surface area (TPSA) is 111 Å². The van der Waals surface area contributed by atoms with E-state index in [-0.39, 0.29) is 12.2 Å². The van der Waals surface area contributed by atoms with E-state index in [1.807, 2.05) is 6.92 Å². The van der Waals surface area contributed by atoms with Crippen LogP contribution in [-0.2, 0) is 16.9 Å². The molecule has 0 spiro atoms. The fraction of sp³-hybridized carbons (Fsp3) is 0.300. The van der Waals surface area contributed by atoms with E-state index < -0.39 is 22.4 Å². The monoisotopic (exact) mass is 399 g/mol. The minimum Gasteiger partial charge on any atom is -0.493 e. The number of hydrogen-bond acceptors (Lipinski definition) is 6. The van der Waals surface area contributed by atoms with Crippen LogP contribution in [0.15, 0.2) is 36.4 Å². The Morgan fingerprint density at radius 3 is 2.24 bits per heavy atom. The summed E-state index contributed by atoms with van der Waals surface area (Å²) in [4.78, 5) is 37.1. The Balaban J connectivity index is 1.90. The first-order valence-corrected chi connectivity index (χ1v) is 8.81. The van der Waals surface area contributed by atoms with Crippen molar-refractivity contribution < 1.29 is 24.0 Å². The number of non-ortho nitro benzene ring substituents is 1. The number of methoxy groups -OCH3 is 2. The number of urea groups is 1. The molecule has 2 aromatic carbocycles. The molecular formula is C20H21N3O6. The van der Waals surface area contributed by atoms with Gasteiger partial charge in [0.15, 0.2) is 11.5 Å². The number of benzene rings is 2. The number of amides is 3. The second-order valence-electron chi connectivity index (χ2n) is 6.88. The molecule has 1 heterocycles. The van der Waals surface area contributed by atoms with Gasteiger partial charge in [-0.15, -0.1) is 0 Å². The summed E-state index contributed by atoms with van der Waals surface area (Å²) in [6, 6.07) is 8.54. The van der Waals surface area contributed by atoms with Crippen LogP contribution in [0.3, 0.4) is 0 Å². The van der Waals surface area contributed by atoms with Crippen LogP contribution in [0.4, 0.5) is 10.5 Å². The summed E-state index contributed by atoms with van der Waals surface area (Å²) in [5.74, 6) is 0.616. The molecule has 3 rings (SSSR count). The second-order valence-corrected chi connectivity index (χ2v) is 6.88. The van der Waals surface area contributed by atoms with Gasteiger partial charge >= 0.3 is 6.03 Å². The smallest absolute Gasteiger partial charge is 0.325 e. The lowest BCUT2D eigenvalue weighted by molar-refractivity contribution is -0.384. The number of ether oxygens (including phenoxy) is 2. The third-order valence-electron chi connectivity index (χ3n) is 5.10. The Morgan fingerprint density at radius 1 is 1.10 bits per heavy atom. The van der Waals surface area contributed by atoms with Gasteiger partial charge in [0, 0.05) is 12.1 Å². The Morgan fingerprint density at radius 2 is 1.69 bits per heavy atom. The fourth-order valence-electron chi connectivity index (χ4n) is 3.32. The minimum absolute atomic E-state index is 0.0550. The number of aryl methyl sites for hydroxylation is 1. The predicted octanol–water partition coefficient (Wildman–Crippen LogP) is 2.89. The lowest BCUT2D eigenvalue weighted by Gasteiger charge is -2.22. The molecule has 3 amide bonds. The molecule has 152 valence electrons. The largest absolute Gasteiger partial charge is 0.493 e. The number of rotatable bonds is 6. The number of imide groups is 1. The zero-order valence-electron chi connectivity index (χ0n) is 16.5. The highest BCUT2D eigenvalue weighted by Crippen LogP contribution is 2.34. The highest BCUT2D eigenvalue weighted by atomic mass is 16.6. The van der Waals surface area contributed by atoms with Gasteiger partial charge in [-0.05, 0) is 54.8 Å². The molecule has 9 nitrogen and oxygen atoms in total. The molecule has 0 radical (unpaired) electrons. The van der Waals surface area contributed by atoms with Crippen molar-refractivity contribution in [2.75, 3.05) is 14.2 Å². The van der Waals surface area contributed by atoms with Crippen LogP contribution in [0, 0.1) is 17.0 Å². The summed E-state index contributed by atoms with van der Waals surface area (Å²) in [5.41, 5.74) is 0.641. The molecule has 1 N–H and O–H groups in total. The van der Waals surface area contributed by atoms with Crippen molar-refractivity contribution in [3.8, 4) is 11.5 Å². The van der Waals surface area contributed by atoms with Crippen LogP contribution in [0.2, 0.25) is 0 Å². The normalized spacial score (nSPS) is 18.6. The number of hydrogen-bond donors (Lipinski definition) is 1. The van der Waals surface area contributed by atoms with Crippen LogP contribution in [0.5, 0.6) is 11.5 Å². The summed E-state index contributed by atoms with van der Waals surface area (Å²) in [5, 5.41) is 13.6. The van der Waals surface area contributed by atoms with E-state index in [2.05, 4.69) is 5.32 Å². The molecular weight excluding hydrogens is 378 g/mol. The molecule has 1 atom stereocenters. The van der Waals surface area contributed by atoms with Crippen molar-refractivity contribution >= 4 is 17.6 Å². The summed E-state index contributed by atoms with van der Waals surface area (Å²) in [7, 11) is 3.04. The van der Waals surface area contributed by atoms with E-state index in [4.69, 9.17) is 9.47 Å². The first-order valence-electron chi connectivity index (χ1n) is 8.81. The first kappa shape index (κ1) is 20.1. The zero-order valence-corrected chi connectivity index (χ0v) is 16.5. The number of nitro benzene ring substituents is 1. The fourth-order valence-corrected chi connectivity index (χ4v) is 3.32. The molecule has 0 bridgehead atoms. The van der Waals surface area contributed by atoms with Crippen molar-refractivity contribution in [2.24, 2.45) is 0 Å². The average molecular weight is 399 g/mol. The highest BCUT2D eigenvalue weighted by Gasteiger charge is 2.49. The van der Waals surface area contributed by atoms with Gasteiger partial charge < -0.3 is 14.8 Å². The first-order chi connectivity index (χ1) is 13.7. The molecule has 1 fully saturated rings. The SMILES string of the molecule is COc1cc(C)c(CN2C(=O)N[C@](C)(c3ccc([N+](=O)[O-])cc3)C2=O)cc1OC. The van der Waals surface area contributed by atoms with E-state index in [0.717, 1.165) is 16.0 Å². The van der Waals surface area contributed by atoms with Gasteiger partial charge in [-0.3, -0.25) is 19.8 Å². The van der Waals surface area contributed by atoms with E-state index in [9.17, 15) is 19.7 Å². The third-order valence-corrected chi connectivity index (χ3v) is 5.10. The van der Waals surface area contributed by atoms with Crippen LogP contribution in [0.1, 0.15) is 23.6 Å². The third kappa shape index (κ3) is 3.46. The molecule has 9 heteroatoms. The predicted molar refractivity (Wildman–Crippen MR) is 104 cm³/mol. The Labute approximate surface area is 167 Å². The summed E-state index contributed by atoms with van der Waals surface area (Å²) >= 11 is 0. The Bertz CT molecular complexity index is 988. The van der Waals surface area contributed by atoms with Crippen molar-refractivity contribution in [1.29, 1.82) is 0 Å². The maximum absolute atomic E-state index is 13.1. The van der Waals surface area contributed by atoms with Crippen molar-refractivity contribution in [2.45, 2.75) is 25.9 Å². The van der Waals surface area contributed by atoms with Gasteiger partial charge in [-0.25, -0.2) is 4.79 Å². The number of nitrogens with zero attached hydrogens (tertiary/aromatic N) is 2. The van der Waals surface area contributed by atoms with Crippen LogP contribution in [-0.4, -0.2) is 36.0 Å². The maximum Gasteiger partial charge on any atom is 0.325 e. The molecule has 0 aromatic heterocycles. The quantitative estimate of drug-likeness (QED) is 0.454. The van der Waals surface area contributed by atoms with Crippen LogP contribution < -0.4 is 14.8 Å². The maximum atomic E-state index is 13.1. The van der Waals surface area contributed by atoms with E-state index in [1.54, 1.807) is 19.1 Å². The lowest BCUT2D eigenvalue weighted by atomic mass is 9.92. The molecule has 1 aliphatic heterocycles. The summed E-state index contributed by atoms with van der Waals surface area (Å²) in [6.45, 7) is 3.49. The zero-order chi connectivity index (χ0) is 21.3. The molecule has 1 aliphatic rings. The van der Waals surface area contributed by atoms with E-state index >= 15 is 0 Å². The Kier molecular flexibility index (Phi) is 5.15. The van der Waals surface area contributed by atoms with Gasteiger partial charge in [0.05, 0.1) is 25.7 Å². The van der Waals surface area contributed by atoms with E-state index in [0.29, 0.717) is 17.1 Å². The van der Waals surface area contributed by atoms with Crippen LogP contribution >= 0.6 is 0 Å². The van der Waals surface area contributed by atoms with Crippen molar-refractivity contribution in [3.63, 3.8) is 0 Å². The van der Waals surface area contributed by atoms with Gasteiger partial charge in [-0.2, -0.15) is 0 Å². The number of carbonyl (C=O) groups is 2. The Hall–Kier alpha value is -3.62. The molecule has 0 aliphatic carbocycles. The van der Waals surface area contributed by atoms with Gasteiger partial charge in [0.25, 0.3) is 11.6 Å². The summed E-state index contributed by atoms with van der Waals surface area (Å²) < 4.78 is 10.6. The molecule has 0 saturated carbocycles. The minimum atomic E-state index is -1.31. The van der Waals surface area contributed by atoms with Crippen LogP contribution in [0.25, 0.3) is 0 Å². The molecule has 2 aromatic rings. The average Bonchev–Trinajstić information content (AvgIpc) is 2.92. The van der Waals surface area contributed by atoms with Gasteiger partial charge in [-0.1, -0.05) is 0 Å². The van der Waals surface area contributed by atoms with Gasteiger partial charge in [0.1, 0.15) is 5.54 Å². The number of nitro groups is 1. The van der Waals surface area contributed by atoms with Crippen molar-refractivity contribution in [1.82, 2.24) is 10.2 Å². The standard InChI is InChI=1S/C20H21N3O6/c1-12-9-16(28-3)17(29-4)10-13(12)11-22-18(24)20(2,21-19(22)25)14-5-7-15(8-6-14)23(26)27/h5-10H,11H2,1-4H3,(H,21,25)/t20-/m1/s1. The molecule has 1 saturated heterocycles. The number of nitrogens with one attached hydrogen (secondary N) is 1. The van der Waals surface area contributed by atoms with Gasteiger partial charge in [0.2, 0.25) is 0 Å². The summed E-state index contributed by atoms with van der Waals surface area (Å²) in [6.07, 6.45) is 0. The molecule has 29 heavy (non-hydrogen) atoms. The second kappa shape index (κ2) is 7.42.